The predicted octanol–water partition coefficient (Wildman–Crippen LogP) is -0.452. The average molecular weight is 288 g/mol. The maximum Gasteiger partial charge on any atom is 0.243 e. The van der Waals surface area contributed by atoms with Crippen molar-refractivity contribution in [1.82, 2.24) is 10.2 Å². The van der Waals surface area contributed by atoms with Gasteiger partial charge in [-0.05, 0) is 25.2 Å². The summed E-state index contributed by atoms with van der Waals surface area (Å²) in [6.07, 6.45) is 2.34. The minimum atomic E-state index is -3.01. The summed E-state index contributed by atoms with van der Waals surface area (Å²) in [5, 5.41) is 2.60. The summed E-state index contributed by atoms with van der Waals surface area (Å²) >= 11 is 0. The summed E-state index contributed by atoms with van der Waals surface area (Å²) < 4.78 is 22.9. The van der Waals surface area contributed by atoms with Crippen LogP contribution in [-0.2, 0) is 19.4 Å². The first kappa shape index (κ1) is 14.3. The molecule has 0 aromatic carbocycles. The van der Waals surface area contributed by atoms with Crippen LogP contribution in [0.4, 0.5) is 0 Å². The molecule has 1 heterocycles. The maximum atomic E-state index is 11.9. The van der Waals surface area contributed by atoms with E-state index in [4.69, 9.17) is 0 Å². The van der Waals surface area contributed by atoms with E-state index in [2.05, 4.69) is 5.32 Å². The zero-order chi connectivity index (χ0) is 14.0. The fourth-order valence-corrected chi connectivity index (χ4v) is 3.27. The van der Waals surface area contributed by atoms with Gasteiger partial charge in [0.2, 0.25) is 11.8 Å². The van der Waals surface area contributed by atoms with Gasteiger partial charge in [-0.2, -0.15) is 0 Å². The van der Waals surface area contributed by atoms with Crippen LogP contribution in [0.2, 0.25) is 0 Å². The van der Waals surface area contributed by atoms with Crippen LogP contribution in [0.3, 0.4) is 0 Å². The molecule has 2 aliphatic rings. The van der Waals surface area contributed by atoms with Gasteiger partial charge in [-0.3, -0.25) is 9.59 Å². The van der Waals surface area contributed by atoms with Crippen molar-refractivity contribution in [2.75, 3.05) is 24.6 Å². The van der Waals surface area contributed by atoms with Gasteiger partial charge in [0.05, 0.1) is 12.3 Å². The lowest BCUT2D eigenvalue weighted by Gasteiger charge is -2.35. The zero-order valence-corrected chi connectivity index (χ0v) is 11.9. The van der Waals surface area contributed by atoms with Crippen LogP contribution in [0.1, 0.15) is 26.2 Å². The third-order valence-electron chi connectivity index (χ3n) is 3.70. The highest BCUT2D eigenvalue weighted by atomic mass is 32.2. The molecule has 0 radical (unpaired) electrons. The predicted molar refractivity (Wildman–Crippen MR) is 70.2 cm³/mol. The summed E-state index contributed by atoms with van der Waals surface area (Å²) in [4.78, 5) is 25.3. The van der Waals surface area contributed by atoms with Crippen LogP contribution in [0.15, 0.2) is 0 Å². The first-order valence-electron chi connectivity index (χ1n) is 6.72. The molecule has 2 rings (SSSR count). The van der Waals surface area contributed by atoms with Crippen molar-refractivity contribution in [2.45, 2.75) is 32.2 Å². The molecule has 1 aliphatic heterocycles. The van der Waals surface area contributed by atoms with Crippen LogP contribution in [0.25, 0.3) is 0 Å². The lowest BCUT2D eigenvalue weighted by atomic mass is 10.1. The highest BCUT2D eigenvalue weighted by molar-refractivity contribution is 7.91. The Morgan fingerprint density at radius 2 is 2.00 bits per heavy atom. The molecule has 0 aromatic rings. The molecule has 7 heteroatoms. The summed E-state index contributed by atoms with van der Waals surface area (Å²) in [6.45, 7) is 2.00. The number of sulfone groups is 1. The Morgan fingerprint density at radius 1 is 1.32 bits per heavy atom. The summed E-state index contributed by atoms with van der Waals surface area (Å²) in [7, 11) is -3.01. The van der Waals surface area contributed by atoms with Crippen molar-refractivity contribution in [3.05, 3.63) is 0 Å². The van der Waals surface area contributed by atoms with E-state index in [1.54, 1.807) is 11.8 Å². The second-order valence-electron chi connectivity index (χ2n) is 5.18. The molecule has 0 spiro atoms. The topological polar surface area (TPSA) is 83.6 Å². The van der Waals surface area contributed by atoms with Crippen molar-refractivity contribution in [3.63, 3.8) is 0 Å². The normalized spacial score (nSPS) is 24.5. The van der Waals surface area contributed by atoms with E-state index in [1.165, 1.54) is 0 Å². The van der Waals surface area contributed by atoms with Crippen LogP contribution >= 0.6 is 0 Å². The Balaban J connectivity index is 1.95. The molecular formula is C12H20N2O4S. The molecule has 1 N–H and O–H groups in total. The van der Waals surface area contributed by atoms with Gasteiger partial charge in [0.15, 0.2) is 0 Å². The number of nitrogens with one attached hydrogen (secondary N) is 1. The molecule has 1 saturated carbocycles. The third kappa shape index (κ3) is 3.46. The minimum absolute atomic E-state index is 0.0303. The first-order chi connectivity index (χ1) is 8.94. The molecule has 1 unspecified atom stereocenters. The van der Waals surface area contributed by atoms with Crippen molar-refractivity contribution < 1.29 is 18.0 Å². The third-order valence-corrected chi connectivity index (χ3v) is 5.49. The van der Waals surface area contributed by atoms with E-state index in [0.29, 0.717) is 13.0 Å². The van der Waals surface area contributed by atoms with Crippen LogP contribution in [0.5, 0.6) is 0 Å². The number of rotatable bonds is 6. The molecule has 19 heavy (non-hydrogen) atoms. The quantitative estimate of drug-likeness (QED) is 0.717. The highest BCUT2D eigenvalue weighted by Gasteiger charge is 2.44. The Labute approximate surface area is 113 Å². The van der Waals surface area contributed by atoms with Gasteiger partial charge in [0, 0.05) is 12.3 Å². The molecule has 0 aromatic heterocycles. The number of hydrogen-bond donors (Lipinski definition) is 1. The second kappa shape index (κ2) is 5.48. The van der Waals surface area contributed by atoms with Gasteiger partial charge in [0.1, 0.15) is 15.9 Å². The number of hydrogen-bond acceptors (Lipinski definition) is 4. The monoisotopic (exact) mass is 288 g/mol. The average Bonchev–Trinajstić information content (AvgIpc) is 3.18. The van der Waals surface area contributed by atoms with Gasteiger partial charge in [0.25, 0.3) is 0 Å². The van der Waals surface area contributed by atoms with E-state index in [1.807, 2.05) is 0 Å². The molecule has 2 amide bonds. The lowest BCUT2D eigenvalue weighted by molar-refractivity contribution is -0.146. The molecule has 0 bridgehead atoms. The molecule has 1 aliphatic carbocycles. The molecule has 1 saturated heterocycles. The Hall–Kier alpha value is -1.11. The van der Waals surface area contributed by atoms with E-state index >= 15 is 0 Å². The van der Waals surface area contributed by atoms with Crippen LogP contribution in [0, 0.1) is 5.92 Å². The Morgan fingerprint density at radius 3 is 2.58 bits per heavy atom. The van der Waals surface area contributed by atoms with Crippen LogP contribution < -0.4 is 5.32 Å². The largest absolute Gasteiger partial charge is 0.345 e. The minimum Gasteiger partial charge on any atom is -0.345 e. The van der Waals surface area contributed by atoms with Crippen molar-refractivity contribution in [3.8, 4) is 0 Å². The summed E-state index contributed by atoms with van der Waals surface area (Å²) in [5.74, 6) is 0.248. The lowest BCUT2D eigenvalue weighted by Crippen LogP contribution is -2.59. The van der Waals surface area contributed by atoms with E-state index in [-0.39, 0.29) is 41.8 Å². The molecular weight excluding hydrogens is 268 g/mol. The smallest absolute Gasteiger partial charge is 0.243 e. The fraction of sp³-hybridized carbons (Fsp3) is 0.833. The molecule has 108 valence electrons. The highest BCUT2D eigenvalue weighted by Crippen LogP contribution is 2.36. The van der Waals surface area contributed by atoms with Gasteiger partial charge < -0.3 is 10.2 Å². The number of carbonyl (C=O) groups is 2. The second-order valence-corrected chi connectivity index (χ2v) is 7.65. The number of piperazine rings is 1. The SMILES string of the molecule is CCS(=O)(=O)CCCN1C(=O)CNC(=O)C1C1CC1. The van der Waals surface area contributed by atoms with E-state index < -0.39 is 9.84 Å². The van der Waals surface area contributed by atoms with E-state index in [9.17, 15) is 18.0 Å². The van der Waals surface area contributed by atoms with Gasteiger partial charge in [-0.25, -0.2) is 8.42 Å². The maximum absolute atomic E-state index is 11.9. The molecule has 2 fully saturated rings. The van der Waals surface area contributed by atoms with Gasteiger partial charge in [-0.15, -0.1) is 0 Å². The zero-order valence-electron chi connectivity index (χ0n) is 11.1. The van der Waals surface area contributed by atoms with Crippen molar-refractivity contribution in [1.29, 1.82) is 0 Å². The number of amides is 2. The fourth-order valence-electron chi connectivity index (χ4n) is 2.41. The number of carbonyl (C=O) groups excluding carboxylic acids is 2. The number of nitrogens with zero attached hydrogens (tertiary/aromatic N) is 1. The van der Waals surface area contributed by atoms with Gasteiger partial charge >= 0.3 is 0 Å². The Kier molecular flexibility index (Phi) is 4.13. The van der Waals surface area contributed by atoms with Crippen molar-refractivity contribution >= 4 is 21.7 Å². The van der Waals surface area contributed by atoms with Crippen LogP contribution in [-0.4, -0.2) is 55.8 Å². The first-order valence-corrected chi connectivity index (χ1v) is 8.54. The van der Waals surface area contributed by atoms with Crippen molar-refractivity contribution in [2.24, 2.45) is 5.92 Å². The van der Waals surface area contributed by atoms with Gasteiger partial charge in [-0.1, -0.05) is 6.92 Å². The summed E-state index contributed by atoms with van der Waals surface area (Å²) in [6, 6.07) is -0.384. The molecule has 1 atom stereocenters. The summed E-state index contributed by atoms with van der Waals surface area (Å²) in [5.41, 5.74) is 0. The van der Waals surface area contributed by atoms with E-state index in [0.717, 1.165) is 12.8 Å². The molecule has 6 nitrogen and oxygen atoms in total. The standard InChI is InChI=1S/C12H20N2O4S/c1-2-19(17,18)7-3-6-14-10(15)8-13-12(16)11(14)9-4-5-9/h9,11H,2-8H2,1H3,(H,13,16). The Bertz CT molecular complexity index is 470.